The van der Waals surface area contributed by atoms with Crippen LogP contribution in [-0.4, -0.2) is 40.5 Å². The first-order chi connectivity index (χ1) is 9.45. The highest BCUT2D eigenvalue weighted by molar-refractivity contribution is 5.67. The summed E-state index contributed by atoms with van der Waals surface area (Å²) in [6.45, 7) is 4.32. The van der Waals surface area contributed by atoms with E-state index in [0.29, 0.717) is 11.5 Å². The number of nitrogens with one attached hydrogen (secondary N) is 1. The summed E-state index contributed by atoms with van der Waals surface area (Å²) in [6, 6.07) is 6.88. The zero-order valence-corrected chi connectivity index (χ0v) is 11.9. The summed E-state index contributed by atoms with van der Waals surface area (Å²) in [5, 5.41) is 30.8. The third-order valence-corrected chi connectivity index (χ3v) is 3.24. The number of rotatable bonds is 8. The number of hydrogen-bond acceptors (Lipinski definition) is 4. The maximum absolute atomic E-state index is 10.8. The highest BCUT2D eigenvalue weighted by atomic mass is 16.4. The van der Waals surface area contributed by atoms with Gasteiger partial charge in [0, 0.05) is 12.6 Å². The third-order valence-electron chi connectivity index (χ3n) is 3.24. The summed E-state index contributed by atoms with van der Waals surface area (Å²) in [5.74, 6) is -0.582. The normalized spacial score (nSPS) is 14.2. The summed E-state index contributed by atoms with van der Waals surface area (Å²) in [4.78, 5) is 10.8. The van der Waals surface area contributed by atoms with E-state index in [9.17, 15) is 9.90 Å². The lowest BCUT2D eigenvalue weighted by atomic mass is 9.96. The molecule has 1 aromatic carbocycles. The van der Waals surface area contributed by atoms with Crippen LogP contribution in [0.5, 0.6) is 0 Å². The van der Waals surface area contributed by atoms with Crippen LogP contribution < -0.4 is 5.32 Å². The molecular formula is C15H23NO4. The lowest BCUT2D eigenvalue weighted by Crippen LogP contribution is -2.38. The molecule has 0 saturated heterocycles. The minimum atomic E-state index is -0.988. The van der Waals surface area contributed by atoms with Gasteiger partial charge in [-0.15, -0.1) is 0 Å². The van der Waals surface area contributed by atoms with Crippen molar-refractivity contribution in [1.82, 2.24) is 5.32 Å². The smallest absolute Gasteiger partial charge is 0.305 e. The van der Waals surface area contributed by atoms with Gasteiger partial charge in [-0.2, -0.15) is 0 Å². The van der Waals surface area contributed by atoms with Crippen LogP contribution >= 0.6 is 0 Å². The van der Waals surface area contributed by atoms with Gasteiger partial charge in [-0.1, -0.05) is 38.1 Å². The van der Waals surface area contributed by atoms with Gasteiger partial charge in [0.2, 0.25) is 0 Å². The molecule has 0 aliphatic carbocycles. The fraction of sp³-hybridized carbons (Fsp3) is 0.533. The van der Waals surface area contributed by atoms with Crippen LogP contribution in [-0.2, 0) is 4.79 Å². The predicted octanol–water partition coefficient (Wildman–Crippen LogP) is 1.27. The SMILES string of the molecule is CC(C)c1ccc(C(O)C(CC(=O)O)NCCO)cc1. The Balaban J connectivity index is 2.81. The van der Waals surface area contributed by atoms with Crippen LogP contribution in [0.25, 0.3) is 0 Å². The molecule has 5 heteroatoms. The van der Waals surface area contributed by atoms with E-state index in [-0.39, 0.29) is 19.6 Å². The Hall–Kier alpha value is -1.43. The van der Waals surface area contributed by atoms with Crippen LogP contribution in [0.2, 0.25) is 0 Å². The lowest BCUT2D eigenvalue weighted by molar-refractivity contribution is -0.138. The first kappa shape index (κ1) is 16.6. The number of carbonyl (C=O) groups is 1. The van der Waals surface area contributed by atoms with Gasteiger partial charge in [-0.25, -0.2) is 0 Å². The standard InChI is InChI=1S/C15H23NO4/c1-10(2)11-3-5-12(6-4-11)15(20)13(9-14(18)19)16-7-8-17/h3-6,10,13,15-17,20H,7-9H2,1-2H3,(H,18,19). The number of carboxylic acids is 1. The Kier molecular flexibility index (Phi) is 6.64. The van der Waals surface area contributed by atoms with Gasteiger partial charge in [0.15, 0.2) is 0 Å². The molecule has 0 fully saturated rings. The van der Waals surface area contributed by atoms with E-state index in [2.05, 4.69) is 19.2 Å². The average Bonchev–Trinajstić information content (AvgIpc) is 2.42. The largest absolute Gasteiger partial charge is 0.481 e. The second kappa shape index (κ2) is 7.99. The number of benzene rings is 1. The van der Waals surface area contributed by atoms with Crippen LogP contribution in [0, 0.1) is 0 Å². The lowest BCUT2D eigenvalue weighted by Gasteiger charge is -2.23. The van der Waals surface area contributed by atoms with Crippen molar-refractivity contribution in [2.24, 2.45) is 0 Å². The Morgan fingerprint density at radius 3 is 2.20 bits per heavy atom. The molecule has 4 N–H and O–H groups in total. The molecule has 2 atom stereocenters. The molecule has 0 saturated carbocycles. The molecule has 0 heterocycles. The predicted molar refractivity (Wildman–Crippen MR) is 76.6 cm³/mol. The van der Waals surface area contributed by atoms with Crippen molar-refractivity contribution in [2.75, 3.05) is 13.2 Å². The summed E-state index contributed by atoms with van der Waals surface area (Å²) in [6.07, 6.45) is -1.12. The Labute approximate surface area is 119 Å². The summed E-state index contributed by atoms with van der Waals surface area (Å²) in [5.41, 5.74) is 1.84. The van der Waals surface area contributed by atoms with Crippen molar-refractivity contribution >= 4 is 5.97 Å². The molecular weight excluding hydrogens is 258 g/mol. The van der Waals surface area contributed by atoms with Crippen molar-refractivity contribution < 1.29 is 20.1 Å². The fourth-order valence-electron chi connectivity index (χ4n) is 2.04. The van der Waals surface area contributed by atoms with E-state index in [0.717, 1.165) is 0 Å². The topological polar surface area (TPSA) is 89.8 Å². The number of aliphatic carboxylic acids is 1. The minimum absolute atomic E-state index is 0.102. The van der Waals surface area contributed by atoms with Crippen LogP contribution in [0.4, 0.5) is 0 Å². The van der Waals surface area contributed by atoms with E-state index < -0.39 is 18.1 Å². The van der Waals surface area contributed by atoms with Crippen molar-refractivity contribution in [3.05, 3.63) is 35.4 Å². The maximum atomic E-state index is 10.8. The quantitative estimate of drug-likeness (QED) is 0.576. The van der Waals surface area contributed by atoms with Crippen molar-refractivity contribution in [2.45, 2.75) is 38.3 Å². The van der Waals surface area contributed by atoms with E-state index >= 15 is 0 Å². The molecule has 2 unspecified atom stereocenters. The molecule has 5 nitrogen and oxygen atoms in total. The van der Waals surface area contributed by atoms with Gasteiger partial charge in [0.05, 0.1) is 19.1 Å². The number of hydrogen-bond donors (Lipinski definition) is 4. The van der Waals surface area contributed by atoms with E-state index in [1.165, 1.54) is 5.56 Å². The zero-order chi connectivity index (χ0) is 15.1. The first-order valence-electron chi connectivity index (χ1n) is 6.79. The van der Waals surface area contributed by atoms with E-state index in [4.69, 9.17) is 10.2 Å². The summed E-state index contributed by atoms with van der Waals surface area (Å²) >= 11 is 0. The van der Waals surface area contributed by atoms with Crippen molar-refractivity contribution in [1.29, 1.82) is 0 Å². The van der Waals surface area contributed by atoms with Gasteiger partial charge >= 0.3 is 5.97 Å². The average molecular weight is 281 g/mol. The molecule has 1 aromatic rings. The number of aliphatic hydroxyl groups is 2. The van der Waals surface area contributed by atoms with Crippen LogP contribution in [0.1, 0.15) is 43.4 Å². The van der Waals surface area contributed by atoms with Gasteiger partial charge in [0.1, 0.15) is 0 Å². The minimum Gasteiger partial charge on any atom is -0.481 e. The van der Waals surface area contributed by atoms with Crippen molar-refractivity contribution in [3.8, 4) is 0 Å². The second-order valence-electron chi connectivity index (χ2n) is 5.15. The fourth-order valence-corrected chi connectivity index (χ4v) is 2.04. The van der Waals surface area contributed by atoms with Gasteiger partial charge in [-0.05, 0) is 17.0 Å². The van der Waals surface area contributed by atoms with E-state index in [1.807, 2.05) is 24.3 Å². The number of aliphatic hydroxyl groups excluding tert-OH is 2. The second-order valence-corrected chi connectivity index (χ2v) is 5.15. The van der Waals surface area contributed by atoms with Gasteiger partial charge in [-0.3, -0.25) is 4.79 Å². The Morgan fingerprint density at radius 1 is 1.20 bits per heavy atom. The highest BCUT2D eigenvalue weighted by Crippen LogP contribution is 2.22. The third kappa shape index (κ3) is 4.92. The Bertz CT molecular complexity index is 416. The molecule has 0 bridgehead atoms. The molecule has 0 aliphatic rings. The zero-order valence-electron chi connectivity index (χ0n) is 11.9. The Morgan fingerprint density at radius 2 is 1.75 bits per heavy atom. The van der Waals surface area contributed by atoms with Crippen molar-refractivity contribution in [3.63, 3.8) is 0 Å². The summed E-state index contributed by atoms with van der Waals surface area (Å²) in [7, 11) is 0. The summed E-state index contributed by atoms with van der Waals surface area (Å²) < 4.78 is 0. The molecule has 0 amide bonds. The molecule has 0 aromatic heterocycles. The highest BCUT2D eigenvalue weighted by Gasteiger charge is 2.23. The first-order valence-corrected chi connectivity index (χ1v) is 6.79. The molecule has 0 spiro atoms. The molecule has 0 aliphatic heterocycles. The maximum Gasteiger partial charge on any atom is 0.305 e. The van der Waals surface area contributed by atoms with Gasteiger partial charge < -0.3 is 20.6 Å². The molecule has 0 radical (unpaired) electrons. The molecule has 112 valence electrons. The van der Waals surface area contributed by atoms with Crippen LogP contribution in [0.3, 0.4) is 0 Å². The van der Waals surface area contributed by atoms with E-state index in [1.54, 1.807) is 0 Å². The number of carboxylic acid groups (broad SMARTS) is 1. The molecule has 1 rings (SSSR count). The van der Waals surface area contributed by atoms with Crippen LogP contribution in [0.15, 0.2) is 24.3 Å². The van der Waals surface area contributed by atoms with Gasteiger partial charge in [0.25, 0.3) is 0 Å². The monoisotopic (exact) mass is 281 g/mol. The molecule has 20 heavy (non-hydrogen) atoms.